The van der Waals surface area contributed by atoms with E-state index >= 15 is 0 Å². The van der Waals surface area contributed by atoms with Gasteiger partial charge < -0.3 is 10.4 Å². The number of anilines is 1. The highest BCUT2D eigenvalue weighted by Gasteiger charge is 2.21. The number of benzene rings is 1. The van der Waals surface area contributed by atoms with E-state index in [1.165, 1.54) is 44.2 Å². The summed E-state index contributed by atoms with van der Waals surface area (Å²) in [5.41, 5.74) is 0.311. The standard InChI is InChI=1S/C16H21BrFNO2/c1-2-10-3-5-11(6-4-10)9-19-13-8-7-12(16(20)21)14(17)15(13)18/h7-8,10-11,19H,2-6,9H2,1H3,(H,20,21). The van der Waals surface area contributed by atoms with Gasteiger partial charge in [-0.2, -0.15) is 0 Å². The predicted octanol–water partition coefficient (Wildman–Crippen LogP) is 4.91. The monoisotopic (exact) mass is 357 g/mol. The van der Waals surface area contributed by atoms with Gasteiger partial charge in [0, 0.05) is 6.54 Å². The summed E-state index contributed by atoms with van der Waals surface area (Å²) in [5.74, 6) is -0.241. The number of carbonyl (C=O) groups is 1. The summed E-state index contributed by atoms with van der Waals surface area (Å²) in [6, 6.07) is 2.92. The zero-order valence-corrected chi connectivity index (χ0v) is 13.7. The highest BCUT2D eigenvalue weighted by atomic mass is 79.9. The van der Waals surface area contributed by atoms with E-state index in [0.29, 0.717) is 11.6 Å². The lowest BCUT2D eigenvalue weighted by atomic mass is 9.81. The van der Waals surface area contributed by atoms with Crippen LogP contribution < -0.4 is 5.32 Å². The summed E-state index contributed by atoms with van der Waals surface area (Å²) < 4.78 is 14.1. The van der Waals surface area contributed by atoms with Crippen molar-refractivity contribution in [3.8, 4) is 0 Å². The number of hydrogen-bond donors (Lipinski definition) is 2. The van der Waals surface area contributed by atoms with Crippen molar-refractivity contribution in [2.24, 2.45) is 11.8 Å². The molecular weight excluding hydrogens is 337 g/mol. The molecule has 3 nitrogen and oxygen atoms in total. The summed E-state index contributed by atoms with van der Waals surface area (Å²) in [4.78, 5) is 10.9. The Labute approximate surface area is 133 Å². The highest BCUT2D eigenvalue weighted by molar-refractivity contribution is 9.10. The third kappa shape index (κ3) is 3.96. The van der Waals surface area contributed by atoms with Gasteiger partial charge in [0.05, 0.1) is 15.7 Å². The van der Waals surface area contributed by atoms with Crippen LogP contribution in [0.1, 0.15) is 49.4 Å². The summed E-state index contributed by atoms with van der Waals surface area (Å²) >= 11 is 3.02. The van der Waals surface area contributed by atoms with E-state index in [9.17, 15) is 9.18 Å². The van der Waals surface area contributed by atoms with Crippen molar-refractivity contribution >= 4 is 27.6 Å². The van der Waals surface area contributed by atoms with Crippen LogP contribution in [0.25, 0.3) is 0 Å². The lowest BCUT2D eigenvalue weighted by molar-refractivity contribution is 0.0695. The van der Waals surface area contributed by atoms with E-state index in [-0.39, 0.29) is 10.0 Å². The smallest absolute Gasteiger partial charge is 0.336 e. The van der Waals surface area contributed by atoms with Gasteiger partial charge in [0.25, 0.3) is 0 Å². The van der Waals surface area contributed by atoms with Crippen molar-refractivity contribution < 1.29 is 14.3 Å². The summed E-state index contributed by atoms with van der Waals surface area (Å²) in [6.45, 7) is 2.98. The Morgan fingerprint density at radius 2 is 1.95 bits per heavy atom. The third-order valence-electron chi connectivity index (χ3n) is 4.44. The number of carboxylic acids is 1. The van der Waals surface area contributed by atoms with Crippen molar-refractivity contribution in [1.29, 1.82) is 0 Å². The molecule has 1 saturated carbocycles. The van der Waals surface area contributed by atoms with Gasteiger partial charge in [-0.15, -0.1) is 0 Å². The van der Waals surface area contributed by atoms with Gasteiger partial charge in [0.1, 0.15) is 0 Å². The number of hydrogen-bond acceptors (Lipinski definition) is 2. The summed E-state index contributed by atoms with van der Waals surface area (Å²) in [7, 11) is 0. The van der Waals surface area contributed by atoms with Gasteiger partial charge in [-0.25, -0.2) is 9.18 Å². The fourth-order valence-corrected chi connectivity index (χ4v) is 3.46. The highest BCUT2D eigenvalue weighted by Crippen LogP contribution is 2.32. The molecule has 0 atom stereocenters. The zero-order chi connectivity index (χ0) is 15.4. The van der Waals surface area contributed by atoms with Crippen LogP contribution >= 0.6 is 15.9 Å². The Bertz CT molecular complexity index is 513. The van der Waals surface area contributed by atoms with Crippen molar-refractivity contribution in [2.45, 2.75) is 39.0 Å². The van der Waals surface area contributed by atoms with Gasteiger partial charge in [0.2, 0.25) is 0 Å². The number of carboxylic acid groups (broad SMARTS) is 1. The first-order valence-corrected chi connectivity index (χ1v) is 8.27. The summed E-state index contributed by atoms with van der Waals surface area (Å²) in [6.07, 6.45) is 6.13. The molecular formula is C16H21BrFNO2. The molecule has 116 valence electrons. The van der Waals surface area contributed by atoms with E-state index in [1.54, 1.807) is 0 Å². The van der Waals surface area contributed by atoms with Gasteiger partial charge >= 0.3 is 5.97 Å². The van der Waals surface area contributed by atoms with E-state index in [1.807, 2.05) is 0 Å². The molecule has 0 aromatic heterocycles. The van der Waals surface area contributed by atoms with Crippen LogP contribution in [0.15, 0.2) is 16.6 Å². The molecule has 0 heterocycles. The number of aromatic carboxylic acids is 1. The average Bonchev–Trinajstić information content (AvgIpc) is 2.49. The molecule has 2 N–H and O–H groups in total. The van der Waals surface area contributed by atoms with E-state index < -0.39 is 11.8 Å². The van der Waals surface area contributed by atoms with Crippen molar-refractivity contribution in [3.63, 3.8) is 0 Å². The maximum Gasteiger partial charge on any atom is 0.336 e. The SMILES string of the molecule is CCC1CCC(CNc2ccc(C(=O)O)c(Br)c2F)CC1. The second-order valence-corrected chi connectivity index (χ2v) is 6.56. The fraction of sp³-hybridized carbons (Fsp3) is 0.562. The lowest BCUT2D eigenvalue weighted by Crippen LogP contribution is -2.21. The molecule has 0 spiro atoms. The maximum absolute atomic E-state index is 14.1. The molecule has 1 aromatic carbocycles. The van der Waals surface area contributed by atoms with Gasteiger partial charge in [-0.3, -0.25) is 0 Å². The van der Waals surface area contributed by atoms with Crippen LogP contribution in [-0.4, -0.2) is 17.6 Å². The molecule has 0 amide bonds. The Kier molecular flexibility index (Phi) is 5.62. The molecule has 0 unspecified atom stereocenters. The topological polar surface area (TPSA) is 49.3 Å². The van der Waals surface area contributed by atoms with Crippen molar-refractivity contribution in [3.05, 3.63) is 28.0 Å². The average molecular weight is 358 g/mol. The predicted molar refractivity (Wildman–Crippen MR) is 85.3 cm³/mol. The van der Waals surface area contributed by atoms with E-state index in [4.69, 9.17) is 5.11 Å². The Morgan fingerprint density at radius 3 is 2.52 bits per heavy atom. The first-order valence-electron chi connectivity index (χ1n) is 7.48. The minimum atomic E-state index is -1.13. The molecule has 0 saturated heterocycles. The van der Waals surface area contributed by atoms with Crippen molar-refractivity contribution in [2.75, 3.05) is 11.9 Å². The second kappa shape index (κ2) is 7.25. The van der Waals surface area contributed by atoms with Crippen LogP contribution in [-0.2, 0) is 0 Å². The third-order valence-corrected chi connectivity index (χ3v) is 5.21. The molecule has 1 fully saturated rings. The van der Waals surface area contributed by atoms with Gasteiger partial charge in [-0.05, 0) is 52.7 Å². The molecule has 1 aromatic rings. The van der Waals surface area contributed by atoms with Crippen LogP contribution in [0.2, 0.25) is 0 Å². The molecule has 21 heavy (non-hydrogen) atoms. The molecule has 1 aliphatic rings. The fourth-order valence-electron chi connectivity index (χ4n) is 2.95. The van der Waals surface area contributed by atoms with Crippen LogP contribution in [0.5, 0.6) is 0 Å². The number of nitrogens with one attached hydrogen (secondary N) is 1. The number of rotatable bonds is 5. The first-order chi connectivity index (χ1) is 10.0. The normalized spacial score (nSPS) is 22.0. The maximum atomic E-state index is 14.1. The van der Waals surface area contributed by atoms with Gasteiger partial charge in [0.15, 0.2) is 5.82 Å². The van der Waals surface area contributed by atoms with E-state index in [0.717, 1.165) is 12.5 Å². The molecule has 5 heteroatoms. The molecule has 2 rings (SSSR count). The molecule has 0 bridgehead atoms. The second-order valence-electron chi connectivity index (χ2n) is 5.77. The minimum absolute atomic E-state index is 0.00897. The van der Waals surface area contributed by atoms with Crippen molar-refractivity contribution in [1.82, 2.24) is 0 Å². The first kappa shape index (κ1) is 16.3. The Balaban J connectivity index is 1.95. The van der Waals surface area contributed by atoms with Crippen LogP contribution in [0, 0.1) is 17.7 Å². The minimum Gasteiger partial charge on any atom is -0.478 e. The van der Waals surface area contributed by atoms with E-state index in [2.05, 4.69) is 28.2 Å². The Hall–Kier alpha value is -1.10. The van der Waals surface area contributed by atoms with Gasteiger partial charge in [-0.1, -0.05) is 26.2 Å². The quantitative estimate of drug-likeness (QED) is 0.786. The molecule has 1 aliphatic carbocycles. The summed E-state index contributed by atoms with van der Waals surface area (Å²) in [5, 5.41) is 12.1. The Morgan fingerprint density at radius 1 is 1.33 bits per heavy atom. The van der Waals surface area contributed by atoms with Crippen LogP contribution in [0.4, 0.5) is 10.1 Å². The number of halogens is 2. The van der Waals surface area contributed by atoms with Crippen LogP contribution in [0.3, 0.4) is 0 Å². The molecule has 0 aliphatic heterocycles. The molecule has 0 radical (unpaired) electrons. The lowest BCUT2D eigenvalue weighted by Gasteiger charge is -2.28. The zero-order valence-electron chi connectivity index (χ0n) is 12.2. The largest absolute Gasteiger partial charge is 0.478 e.